The first-order valence-corrected chi connectivity index (χ1v) is 7.02. The predicted octanol–water partition coefficient (Wildman–Crippen LogP) is 2.95. The van der Waals surface area contributed by atoms with Gasteiger partial charge in [-0.2, -0.15) is 0 Å². The van der Waals surface area contributed by atoms with Gasteiger partial charge in [0, 0.05) is 12.8 Å². The lowest BCUT2D eigenvalue weighted by atomic mass is 10.0. The molecule has 0 amide bonds. The SMILES string of the molecule is CCNCCCc1ncc(CC2CCCC2)o1. The third-order valence-corrected chi connectivity index (χ3v) is 3.56. The maximum absolute atomic E-state index is 5.79. The monoisotopic (exact) mass is 236 g/mol. The molecule has 17 heavy (non-hydrogen) atoms. The lowest BCUT2D eigenvalue weighted by Crippen LogP contribution is -2.14. The smallest absolute Gasteiger partial charge is 0.194 e. The molecule has 0 spiro atoms. The van der Waals surface area contributed by atoms with E-state index in [1.807, 2.05) is 6.20 Å². The Balaban J connectivity index is 1.71. The van der Waals surface area contributed by atoms with Gasteiger partial charge in [-0.3, -0.25) is 0 Å². The Morgan fingerprint density at radius 2 is 2.24 bits per heavy atom. The van der Waals surface area contributed by atoms with Gasteiger partial charge in [0.05, 0.1) is 6.20 Å². The van der Waals surface area contributed by atoms with Gasteiger partial charge >= 0.3 is 0 Å². The molecule has 1 aromatic rings. The van der Waals surface area contributed by atoms with Gasteiger partial charge in [0.25, 0.3) is 0 Å². The van der Waals surface area contributed by atoms with E-state index in [9.17, 15) is 0 Å². The predicted molar refractivity (Wildman–Crippen MR) is 69.0 cm³/mol. The van der Waals surface area contributed by atoms with Crippen molar-refractivity contribution in [1.82, 2.24) is 10.3 Å². The van der Waals surface area contributed by atoms with Crippen LogP contribution < -0.4 is 5.32 Å². The van der Waals surface area contributed by atoms with Crippen LogP contribution in [0.15, 0.2) is 10.6 Å². The Labute approximate surface area is 104 Å². The first-order chi connectivity index (χ1) is 8.38. The van der Waals surface area contributed by atoms with Crippen LogP contribution in [-0.4, -0.2) is 18.1 Å². The first-order valence-electron chi connectivity index (χ1n) is 7.02. The molecule has 3 heteroatoms. The molecule has 1 fully saturated rings. The second-order valence-electron chi connectivity index (χ2n) is 5.03. The summed E-state index contributed by atoms with van der Waals surface area (Å²) >= 11 is 0. The minimum absolute atomic E-state index is 0.845. The molecule has 0 bridgehead atoms. The number of aromatic nitrogens is 1. The average Bonchev–Trinajstić information content (AvgIpc) is 2.97. The number of rotatable bonds is 7. The van der Waals surface area contributed by atoms with E-state index in [1.165, 1.54) is 25.7 Å². The molecule has 2 rings (SSSR count). The third-order valence-electron chi connectivity index (χ3n) is 3.56. The number of hydrogen-bond donors (Lipinski definition) is 1. The summed E-state index contributed by atoms with van der Waals surface area (Å²) in [6.07, 6.45) is 10.6. The van der Waals surface area contributed by atoms with Crippen LogP contribution in [0, 0.1) is 5.92 Å². The van der Waals surface area contributed by atoms with Crippen molar-refractivity contribution in [2.24, 2.45) is 5.92 Å². The van der Waals surface area contributed by atoms with E-state index in [1.54, 1.807) is 0 Å². The molecule has 1 heterocycles. The van der Waals surface area contributed by atoms with Crippen molar-refractivity contribution in [3.8, 4) is 0 Å². The van der Waals surface area contributed by atoms with Gasteiger partial charge in [-0.25, -0.2) is 4.98 Å². The molecule has 3 nitrogen and oxygen atoms in total. The van der Waals surface area contributed by atoms with Crippen LogP contribution in [0.2, 0.25) is 0 Å². The second-order valence-corrected chi connectivity index (χ2v) is 5.03. The lowest BCUT2D eigenvalue weighted by molar-refractivity contribution is 0.411. The Bertz CT molecular complexity index is 316. The van der Waals surface area contributed by atoms with Crippen LogP contribution in [0.4, 0.5) is 0 Å². The zero-order valence-corrected chi connectivity index (χ0v) is 10.9. The summed E-state index contributed by atoms with van der Waals surface area (Å²) in [5.41, 5.74) is 0. The van der Waals surface area contributed by atoms with E-state index in [0.29, 0.717) is 0 Å². The zero-order chi connectivity index (χ0) is 11.9. The van der Waals surface area contributed by atoms with Crippen molar-refractivity contribution >= 4 is 0 Å². The standard InChI is InChI=1S/C14H24N2O/c1-2-15-9-5-8-14-16-11-13(17-14)10-12-6-3-4-7-12/h11-12,15H,2-10H2,1H3. The molecule has 0 atom stereocenters. The highest BCUT2D eigenvalue weighted by molar-refractivity contribution is 4.96. The number of aryl methyl sites for hydroxylation is 1. The van der Waals surface area contributed by atoms with Gasteiger partial charge in [0.15, 0.2) is 5.89 Å². The Morgan fingerprint density at radius 1 is 1.41 bits per heavy atom. The minimum Gasteiger partial charge on any atom is -0.446 e. The fourth-order valence-corrected chi connectivity index (χ4v) is 2.60. The topological polar surface area (TPSA) is 38.1 Å². The summed E-state index contributed by atoms with van der Waals surface area (Å²) in [5, 5.41) is 3.31. The average molecular weight is 236 g/mol. The molecule has 0 saturated heterocycles. The lowest BCUT2D eigenvalue weighted by Gasteiger charge is -2.04. The van der Waals surface area contributed by atoms with Crippen LogP contribution in [-0.2, 0) is 12.8 Å². The van der Waals surface area contributed by atoms with E-state index < -0.39 is 0 Å². The minimum atomic E-state index is 0.845. The van der Waals surface area contributed by atoms with Crippen LogP contribution in [0.25, 0.3) is 0 Å². The maximum atomic E-state index is 5.79. The van der Waals surface area contributed by atoms with Gasteiger partial charge < -0.3 is 9.73 Å². The van der Waals surface area contributed by atoms with E-state index >= 15 is 0 Å². The highest BCUT2D eigenvalue weighted by Gasteiger charge is 2.17. The molecule has 1 saturated carbocycles. The highest BCUT2D eigenvalue weighted by atomic mass is 16.4. The summed E-state index contributed by atoms with van der Waals surface area (Å²) in [6.45, 7) is 4.22. The fraction of sp³-hybridized carbons (Fsp3) is 0.786. The molecule has 96 valence electrons. The van der Waals surface area contributed by atoms with E-state index in [2.05, 4.69) is 17.2 Å². The van der Waals surface area contributed by atoms with Crippen molar-refractivity contribution in [3.05, 3.63) is 17.8 Å². The number of hydrogen-bond acceptors (Lipinski definition) is 3. The Kier molecular flexibility index (Phi) is 5.05. The van der Waals surface area contributed by atoms with Crippen LogP contribution in [0.1, 0.15) is 50.7 Å². The van der Waals surface area contributed by atoms with Gasteiger partial charge in [0.2, 0.25) is 0 Å². The number of nitrogens with zero attached hydrogens (tertiary/aromatic N) is 1. The van der Waals surface area contributed by atoms with Gasteiger partial charge in [-0.15, -0.1) is 0 Å². The molecule has 1 N–H and O–H groups in total. The number of oxazole rings is 1. The molecule has 0 aliphatic heterocycles. The molecule has 0 aromatic carbocycles. The molecule has 1 aromatic heterocycles. The van der Waals surface area contributed by atoms with Crippen molar-refractivity contribution in [1.29, 1.82) is 0 Å². The third kappa shape index (κ3) is 4.15. The molecule has 0 radical (unpaired) electrons. The molecule has 1 aliphatic rings. The van der Waals surface area contributed by atoms with Crippen LogP contribution in [0.3, 0.4) is 0 Å². The Hall–Kier alpha value is -0.830. The first kappa shape index (κ1) is 12.6. The van der Waals surface area contributed by atoms with Gasteiger partial charge in [-0.1, -0.05) is 32.6 Å². The van der Waals surface area contributed by atoms with Crippen molar-refractivity contribution < 1.29 is 4.42 Å². The second kappa shape index (κ2) is 6.80. The van der Waals surface area contributed by atoms with E-state index in [-0.39, 0.29) is 0 Å². The summed E-state index contributed by atoms with van der Waals surface area (Å²) in [5.74, 6) is 2.85. The fourth-order valence-electron chi connectivity index (χ4n) is 2.60. The summed E-state index contributed by atoms with van der Waals surface area (Å²) in [4.78, 5) is 4.36. The molecule has 1 aliphatic carbocycles. The molecule has 0 unspecified atom stereocenters. The van der Waals surface area contributed by atoms with Gasteiger partial charge in [-0.05, 0) is 25.4 Å². The highest BCUT2D eigenvalue weighted by Crippen LogP contribution is 2.28. The van der Waals surface area contributed by atoms with Crippen molar-refractivity contribution in [2.45, 2.75) is 51.9 Å². The number of nitrogens with one attached hydrogen (secondary N) is 1. The van der Waals surface area contributed by atoms with Crippen LogP contribution in [0.5, 0.6) is 0 Å². The summed E-state index contributed by atoms with van der Waals surface area (Å²) in [6, 6.07) is 0. The van der Waals surface area contributed by atoms with E-state index in [0.717, 1.165) is 49.9 Å². The van der Waals surface area contributed by atoms with Crippen LogP contribution >= 0.6 is 0 Å². The van der Waals surface area contributed by atoms with Crippen molar-refractivity contribution in [3.63, 3.8) is 0 Å². The maximum Gasteiger partial charge on any atom is 0.194 e. The normalized spacial score (nSPS) is 16.8. The van der Waals surface area contributed by atoms with E-state index in [4.69, 9.17) is 4.42 Å². The molecular weight excluding hydrogens is 212 g/mol. The van der Waals surface area contributed by atoms with Crippen molar-refractivity contribution in [2.75, 3.05) is 13.1 Å². The summed E-state index contributed by atoms with van der Waals surface area (Å²) < 4.78 is 5.79. The Morgan fingerprint density at radius 3 is 3.00 bits per heavy atom. The molecular formula is C14H24N2O. The quantitative estimate of drug-likeness (QED) is 0.740. The summed E-state index contributed by atoms with van der Waals surface area (Å²) in [7, 11) is 0. The van der Waals surface area contributed by atoms with Gasteiger partial charge in [0.1, 0.15) is 5.76 Å². The largest absolute Gasteiger partial charge is 0.446 e. The zero-order valence-electron chi connectivity index (χ0n) is 10.9.